The Morgan fingerprint density at radius 2 is 1.87 bits per heavy atom. The summed E-state index contributed by atoms with van der Waals surface area (Å²) in [5.41, 5.74) is 2.92. The summed E-state index contributed by atoms with van der Waals surface area (Å²) >= 11 is 7.37. The number of benzene rings is 2. The van der Waals surface area contributed by atoms with Crippen LogP contribution >= 0.6 is 23.6 Å². The minimum atomic E-state index is -0.471. The summed E-state index contributed by atoms with van der Waals surface area (Å²) in [4.78, 5) is 24.2. The van der Waals surface area contributed by atoms with Crippen molar-refractivity contribution in [3.05, 3.63) is 108 Å². The zero-order valence-corrected chi connectivity index (χ0v) is 21.8. The van der Waals surface area contributed by atoms with E-state index in [1.807, 2.05) is 53.6 Å². The molecule has 2 atom stereocenters. The lowest BCUT2D eigenvalue weighted by atomic mass is 10.0. The Labute approximate surface area is 228 Å². The van der Waals surface area contributed by atoms with Crippen LogP contribution in [0.4, 0.5) is 10.1 Å². The number of aromatic nitrogens is 3. The van der Waals surface area contributed by atoms with Crippen LogP contribution in [0.15, 0.2) is 91.3 Å². The fraction of sp³-hybridized carbons (Fsp3) is 0.143. The molecule has 0 spiro atoms. The van der Waals surface area contributed by atoms with Gasteiger partial charge in [0, 0.05) is 25.4 Å². The summed E-state index contributed by atoms with van der Waals surface area (Å²) in [6.45, 7) is 0.338. The third-order valence-corrected chi connectivity index (χ3v) is 7.89. The fourth-order valence-electron chi connectivity index (χ4n) is 4.74. The van der Waals surface area contributed by atoms with Crippen molar-refractivity contribution in [2.75, 3.05) is 11.9 Å². The molecule has 4 heterocycles. The first-order valence-electron chi connectivity index (χ1n) is 12.1. The second-order valence-electron chi connectivity index (χ2n) is 8.87. The zero-order valence-electron chi connectivity index (χ0n) is 20.1. The van der Waals surface area contributed by atoms with E-state index in [9.17, 15) is 9.18 Å². The van der Waals surface area contributed by atoms with Crippen LogP contribution in [0.5, 0.6) is 0 Å². The standard InChI is InChI=1S/C28H23FN6OS2/c29-18-8-1-2-9-19(18)31-24(36)14-17-35-26(25(33-27(35)37)21-11-5-6-15-30-21)22-12-7-16-34(22)28-32-20-10-3-4-13-23(20)38-28/h1-13,15-16,25-26H,14,17H2,(H,31,36)(H,33,37). The maximum absolute atomic E-state index is 14.1. The Hall–Kier alpha value is -4.15. The molecule has 38 heavy (non-hydrogen) atoms. The quantitative estimate of drug-likeness (QED) is 0.260. The maximum Gasteiger partial charge on any atom is 0.226 e. The largest absolute Gasteiger partial charge is 0.352 e. The molecule has 1 aliphatic rings. The van der Waals surface area contributed by atoms with E-state index in [1.54, 1.807) is 35.7 Å². The van der Waals surface area contributed by atoms with Crippen LogP contribution < -0.4 is 10.6 Å². The summed E-state index contributed by atoms with van der Waals surface area (Å²) in [5, 5.41) is 7.46. The van der Waals surface area contributed by atoms with Crippen molar-refractivity contribution in [3.63, 3.8) is 0 Å². The van der Waals surface area contributed by atoms with E-state index in [2.05, 4.69) is 32.3 Å². The third-order valence-electron chi connectivity index (χ3n) is 6.50. The number of anilines is 1. The van der Waals surface area contributed by atoms with Crippen LogP contribution in [0.3, 0.4) is 0 Å². The second-order valence-corrected chi connectivity index (χ2v) is 10.3. The third kappa shape index (κ3) is 4.64. The van der Waals surface area contributed by atoms with E-state index >= 15 is 0 Å². The van der Waals surface area contributed by atoms with Crippen LogP contribution in [0, 0.1) is 5.82 Å². The summed E-state index contributed by atoms with van der Waals surface area (Å²) in [7, 11) is 0. The minimum absolute atomic E-state index is 0.128. The number of hydrogen-bond donors (Lipinski definition) is 2. The molecule has 0 radical (unpaired) electrons. The van der Waals surface area contributed by atoms with Crippen molar-refractivity contribution in [1.29, 1.82) is 0 Å². The lowest BCUT2D eigenvalue weighted by Gasteiger charge is -2.28. The first-order valence-corrected chi connectivity index (χ1v) is 13.4. The van der Waals surface area contributed by atoms with Gasteiger partial charge in [0.15, 0.2) is 10.2 Å². The number of carbonyl (C=O) groups excluding carboxylic acids is 1. The van der Waals surface area contributed by atoms with Crippen LogP contribution in [0.1, 0.15) is 29.9 Å². The van der Waals surface area contributed by atoms with Gasteiger partial charge in [0.05, 0.1) is 39.4 Å². The molecule has 0 bridgehead atoms. The van der Waals surface area contributed by atoms with E-state index in [4.69, 9.17) is 17.2 Å². The lowest BCUT2D eigenvalue weighted by Crippen LogP contribution is -2.33. The second kappa shape index (κ2) is 10.3. The van der Waals surface area contributed by atoms with Crippen molar-refractivity contribution >= 4 is 50.5 Å². The molecule has 0 saturated carbocycles. The van der Waals surface area contributed by atoms with Crippen molar-refractivity contribution in [2.45, 2.75) is 18.5 Å². The highest BCUT2D eigenvalue weighted by atomic mass is 32.1. The molecule has 1 aliphatic heterocycles. The Morgan fingerprint density at radius 1 is 1.05 bits per heavy atom. The van der Waals surface area contributed by atoms with Gasteiger partial charge in [-0.3, -0.25) is 14.3 Å². The van der Waals surface area contributed by atoms with Gasteiger partial charge < -0.3 is 15.5 Å². The van der Waals surface area contributed by atoms with E-state index < -0.39 is 5.82 Å². The number of amides is 1. The summed E-state index contributed by atoms with van der Waals surface area (Å²) < 4.78 is 17.2. The van der Waals surface area contributed by atoms with E-state index in [0.29, 0.717) is 11.7 Å². The average molecular weight is 543 g/mol. The number of pyridine rings is 1. The molecule has 7 nitrogen and oxygen atoms in total. The molecule has 1 amide bonds. The van der Waals surface area contributed by atoms with Crippen LogP contribution in [-0.4, -0.2) is 37.0 Å². The summed E-state index contributed by atoms with van der Waals surface area (Å²) in [6, 6.07) is 23.5. The number of nitrogens with zero attached hydrogens (tertiary/aromatic N) is 4. The Balaban J connectivity index is 1.32. The Kier molecular flexibility index (Phi) is 6.57. The molecule has 2 aromatic carbocycles. The predicted molar refractivity (Wildman–Crippen MR) is 151 cm³/mol. The first kappa shape index (κ1) is 24.2. The van der Waals surface area contributed by atoms with Gasteiger partial charge in [-0.15, -0.1) is 0 Å². The highest BCUT2D eigenvalue weighted by Gasteiger charge is 2.41. The van der Waals surface area contributed by atoms with Gasteiger partial charge >= 0.3 is 0 Å². The highest BCUT2D eigenvalue weighted by molar-refractivity contribution is 7.80. The topological polar surface area (TPSA) is 75.1 Å². The number of carbonyl (C=O) groups is 1. The SMILES string of the molecule is O=C(CCN1C(=S)NC(c2ccccn2)C1c1cccn1-c1nc2ccccc2s1)Nc1ccccc1F. The van der Waals surface area contributed by atoms with Crippen LogP contribution in [-0.2, 0) is 4.79 Å². The number of nitrogens with one attached hydrogen (secondary N) is 2. The molecule has 6 rings (SSSR count). The number of rotatable bonds is 7. The van der Waals surface area contributed by atoms with Gasteiger partial charge in [-0.25, -0.2) is 9.37 Å². The molecule has 10 heteroatoms. The number of thiazole rings is 1. The molecule has 190 valence electrons. The van der Waals surface area contributed by atoms with Crippen LogP contribution in [0.25, 0.3) is 15.3 Å². The van der Waals surface area contributed by atoms with Gasteiger partial charge in [0.2, 0.25) is 5.91 Å². The van der Waals surface area contributed by atoms with Gasteiger partial charge in [0.25, 0.3) is 0 Å². The molecular weight excluding hydrogens is 519 g/mol. The zero-order chi connectivity index (χ0) is 26.1. The highest BCUT2D eigenvalue weighted by Crippen LogP contribution is 2.40. The fourth-order valence-corrected chi connectivity index (χ4v) is 6.04. The van der Waals surface area contributed by atoms with Crippen molar-refractivity contribution in [1.82, 2.24) is 24.8 Å². The lowest BCUT2D eigenvalue weighted by molar-refractivity contribution is -0.116. The minimum Gasteiger partial charge on any atom is -0.352 e. The van der Waals surface area contributed by atoms with Gasteiger partial charge in [0.1, 0.15) is 5.82 Å². The molecular formula is C28H23FN6OS2. The van der Waals surface area contributed by atoms with Crippen molar-refractivity contribution in [3.8, 4) is 5.13 Å². The van der Waals surface area contributed by atoms with E-state index in [0.717, 1.165) is 26.7 Å². The van der Waals surface area contributed by atoms with Crippen LogP contribution in [0.2, 0.25) is 0 Å². The van der Waals surface area contributed by atoms with Gasteiger partial charge in [-0.05, 0) is 60.7 Å². The predicted octanol–water partition coefficient (Wildman–Crippen LogP) is 5.62. The monoisotopic (exact) mass is 542 g/mol. The molecule has 2 N–H and O–H groups in total. The number of thiocarbonyl (C=S) groups is 1. The normalized spacial score (nSPS) is 17.1. The number of halogens is 1. The molecule has 5 aromatic rings. The van der Waals surface area contributed by atoms with E-state index in [-0.39, 0.29) is 30.1 Å². The maximum atomic E-state index is 14.1. The van der Waals surface area contributed by atoms with E-state index in [1.165, 1.54) is 6.07 Å². The molecule has 3 aromatic heterocycles. The number of fused-ring (bicyclic) bond motifs is 1. The van der Waals surface area contributed by atoms with Crippen molar-refractivity contribution in [2.24, 2.45) is 0 Å². The van der Waals surface area contributed by atoms with Crippen molar-refractivity contribution < 1.29 is 9.18 Å². The van der Waals surface area contributed by atoms with Gasteiger partial charge in [-0.1, -0.05) is 41.7 Å². The molecule has 0 aliphatic carbocycles. The summed E-state index contributed by atoms with van der Waals surface area (Å²) in [6.07, 6.45) is 3.88. The molecule has 2 unspecified atom stereocenters. The van der Waals surface area contributed by atoms with Gasteiger partial charge in [-0.2, -0.15) is 0 Å². The number of hydrogen-bond acceptors (Lipinski definition) is 5. The number of para-hydroxylation sites is 2. The summed E-state index contributed by atoms with van der Waals surface area (Å²) in [5.74, 6) is -0.763. The first-order chi connectivity index (χ1) is 18.6. The smallest absolute Gasteiger partial charge is 0.226 e. The molecule has 1 saturated heterocycles. The molecule has 1 fully saturated rings. The Bertz CT molecular complexity index is 1580. The average Bonchev–Trinajstić information content (AvgIpc) is 3.65. The Morgan fingerprint density at radius 3 is 2.68 bits per heavy atom.